The van der Waals surface area contributed by atoms with Gasteiger partial charge >= 0.3 is 0 Å². The lowest BCUT2D eigenvalue weighted by Crippen LogP contribution is -2.03. The summed E-state index contributed by atoms with van der Waals surface area (Å²) in [5.74, 6) is 1.39. The van der Waals surface area contributed by atoms with Gasteiger partial charge in [-0.05, 0) is 35.7 Å². The third kappa shape index (κ3) is 3.06. The van der Waals surface area contributed by atoms with E-state index in [0.717, 1.165) is 23.8 Å². The van der Waals surface area contributed by atoms with Crippen LogP contribution >= 0.6 is 11.6 Å². The van der Waals surface area contributed by atoms with Crippen LogP contribution in [0.5, 0.6) is 0 Å². The van der Waals surface area contributed by atoms with Crippen molar-refractivity contribution >= 4 is 17.4 Å². The van der Waals surface area contributed by atoms with Crippen LogP contribution in [0.3, 0.4) is 0 Å². The van der Waals surface area contributed by atoms with Crippen LogP contribution in [-0.4, -0.2) is 11.0 Å². The van der Waals surface area contributed by atoms with Gasteiger partial charge in [-0.3, -0.25) is 0 Å². The molecule has 3 rings (SSSR count). The van der Waals surface area contributed by atoms with Gasteiger partial charge in [-0.1, -0.05) is 29.8 Å². The number of hydrogen-bond acceptors (Lipinski definition) is 3. The summed E-state index contributed by atoms with van der Waals surface area (Å²) in [6.45, 7) is 0.743. The van der Waals surface area contributed by atoms with Gasteiger partial charge in [0.2, 0.25) is 0 Å². The van der Waals surface area contributed by atoms with Crippen molar-refractivity contribution < 1.29 is 0 Å². The molecule has 1 aromatic heterocycles. The van der Waals surface area contributed by atoms with Crippen LogP contribution in [0.15, 0.2) is 42.6 Å². The van der Waals surface area contributed by atoms with Crippen LogP contribution in [0.25, 0.3) is 0 Å². The SMILES string of the molecule is NC1CC1c1ccc(NCc2ccc(Cl)cc2)nc1. The Hall–Kier alpha value is -1.58. The molecule has 1 aliphatic carbocycles. The minimum Gasteiger partial charge on any atom is -0.366 e. The molecule has 2 atom stereocenters. The van der Waals surface area contributed by atoms with E-state index in [1.165, 1.54) is 11.1 Å². The Morgan fingerprint density at radius 3 is 2.53 bits per heavy atom. The Balaban J connectivity index is 1.59. The lowest BCUT2D eigenvalue weighted by molar-refractivity contribution is 0.978. The summed E-state index contributed by atoms with van der Waals surface area (Å²) in [4.78, 5) is 4.41. The molecule has 3 N–H and O–H groups in total. The predicted molar refractivity (Wildman–Crippen MR) is 78.3 cm³/mol. The average molecular weight is 274 g/mol. The monoisotopic (exact) mass is 273 g/mol. The average Bonchev–Trinajstić information content (AvgIpc) is 3.16. The topological polar surface area (TPSA) is 50.9 Å². The summed E-state index contributed by atoms with van der Waals surface area (Å²) < 4.78 is 0. The van der Waals surface area contributed by atoms with Crippen LogP contribution < -0.4 is 11.1 Å². The Kier molecular flexibility index (Phi) is 3.40. The van der Waals surface area contributed by atoms with Gasteiger partial charge < -0.3 is 11.1 Å². The van der Waals surface area contributed by atoms with E-state index in [9.17, 15) is 0 Å². The number of anilines is 1. The van der Waals surface area contributed by atoms with Crippen molar-refractivity contribution in [1.29, 1.82) is 0 Å². The lowest BCUT2D eigenvalue weighted by atomic mass is 10.2. The second-order valence-electron chi connectivity index (χ2n) is 4.96. The normalized spacial score (nSPS) is 21.2. The minimum atomic E-state index is 0.328. The zero-order valence-electron chi connectivity index (χ0n) is 10.5. The molecule has 2 aromatic rings. The standard InChI is InChI=1S/C15H16ClN3/c16-12-4-1-10(2-5-12)8-18-15-6-3-11(9-19-15)13-7-14(13)17/h1-6,9,13-14H,7-8,17H2,(H,18,19). The number of benzene rings is 1. The van der Waals surface area contributed by atoms with Gasteiger partial charge in [-0.25, -0.2) is 4.98 Å². The number of hydrogen-bond donors (Lipinski definition) is 2. The van der Waals surface area contributed by atoms with Gasteiger partial charge in [0, 0.05) is 29.7 Å². The predicted octanol–water partition coefficient (Wildman–Crippen LogP) is 3.16. The zero-order chi connectivity index (χ0) is 13.2. The first kappa shape index (κ1) is 12.5. The van der Waals surface area contributed by atoms with Crippen LogP contribution in [0.1, 0.15) is 23.5 Å². The maximum Gasteiger partial charge on any atom is 0.126 e. The highest BCUT2D eigenvalue weighted by atomic mass is 35.5. The van der Waals surface area contributed by atoms with Gasteiger partial charge in [0.1, 0.15) is 5.82 Å². The van der Waals surface area contributed by atoms with E-state index in [2.05, 4.69) is 16.4 Å². The van der Waals surface area contributed by atoms with Gasteiger partial charge in [0.25, 0.3) is 0 Å². The smallest absolute Gasteiger partial charge is 0.126 e. The molecule has 4 heteroatoms. The molecule has 0 radical (unpaired) electrons. The highest BCUT2D eigenvalue weighted by Gasteiger charge is 2.34. The molecule has 19 heavy (non-hydrogen) atoms. The molecular weight excluding hydrogens is 258 g/mol. The zero-order valence-corrected chi connectivity index (χ0v) is 11.3. The second-order valence-corrected chi connectivity index (χ2v) is 5.40. The highest BCUT2D eigenvalue weighted by molar-refractivity contribution is 6.30. The quantitative estimate of drug-likeness (QED) is 0.900. The molecule has 1 fully saturated rings. The van der Waals surface area contributed by atoms with E-state index < -0.39 is 0 Å². The number of rotatable bonds is 4. The second kappa shape index (κ2) is 5.19. The Morgan fingerprint density at radius 2 is 1.95 bits per heavy atom. The third-order valence-corrected chi connectivity index (χ3v) is 3.69. The van der Waals surface area contributed by atoms with Crippen molar-refractivity contribution in [2.24, 2.45) is 5.73 Å². The molecule has 1 aromatic carbocycles. The number of halogens is 1. The summed E-state index contributed by atoms with van der Waals surface area (Å²) >= 11 is 5.85. The number of nitrogens with one attached hydrogen (secondary N) is 1. The van der Waals surface area contributed by atoms with E-state index >= 15 is 0 Å². The van der Waals surface area contributed by atoms with E-state index in [0.29, 0.717) is 12.0 Å². The Bertz CT molecular complexity index is 551. The van der Waals surface area contributed by atoms with Gasteiger partial charge in [0.05, 0.1) is 0 Å². The minimum absolute atomic E-state index is 0.328. The third-order valence-electron chi connectivity index (χ3n) is 3.44. The first-order chi connectivity index (χ1) is 9.22. The molecule has 1 heterocycles. The molecule has 0 spiro atoms. The van der Waals surface area contributed by atoms with Crippen molar-refractivity contribution in [3.63, 3.8) is 0 Å². The summed E-state index contributed by atoms with van der Waals surface area (Å²) in [5.41, 5.74) is 8.25. The molecule has 0 aliphatic heterocycles. The Labute approximate surface area is 117 Å². The maximum absolute atomic E-state index is 5.85. The van der Waals surface area contributed by atoms with Gasteiger partial charge in [-0.2, -0.15) is 0 Å². The largest absolute Gasteiger partial charge is 0.366 e. The van der Waals surface area contributed by atoms with Crippen LogP contribution in [0.2, 0.25) is 5.02 Å². The van der Waals surface area contributed by atoms with Gasteiger partial charge in [0.15, 0.2) is 0 Å². The summed E-state index contributed by atoms with van der Waals surface area (Å²) in [6, 6.07) is 12.2. The summed E-state index contributed by atoms with van der Waals surface area (Å²) in [5, 5.41) is 4.05. The van der Waals surface area contributed by atoms with Crippen LogP contribution in [-0.2, 0) is 6.54 Å². The van der Waals surface area contributed by atoms with Crippen molar-refractivity contribution in [1.82, 2.24) is 4.98 Å². The summed E-state index contributed by atoms with van der Waals surface area (Å²) in [6.07, 6.45) is 3.00. The van der Waals surface area contributed by atoms with Crippen LogP contribution in [0, 0.1) is 0 Å². The maximum atomic E-state index is 5.85. The lowest BCUT2D eigenvalue weighted by Gasteiger charge is -2.06. The molecular formula is C15H16ClN3. The van der Waals surface area contributed by atoms with Crippen molar-refractivity contribution in [2.75, 3.05) is 5.32 Å². The fraction of sp³-hybridized carbons (Fsp3) is 0.267. The Morgan fingerprint density at radius 1 is 1.21 bits per heavy atom. The van der Waals surface area contributed by atoms with E-state index in [4.69, 9.17) is 17.3 Å². The number of nitrogens with zero attached hydrogens (tertiary/aromatic N) is 1. The highest BCUT2D eigenvalue weighted by Crippen LogP contribution is 2.38. The first-order valence-corrected chi connectivity index (χ1v) is 6.80. The van der Waals surface area contributed by atoms with Crippen molar-refractivity contribution in [3.8, 4) is 0 Å². The first-order valence-electron chi connectivity index (χ1n) is 6.42. The van der Waals surface area contributed by atoms with E-state index in [1.54, 1.807) is 0 Å². The molecule has 0 amide bonds. The fourth-order valence-corrected chi connectivity index (χ4v) is 2.25. The van der Waals surface area contributed by atoms with Gasteiger partial charge in [-0.15, -0.1) is 0 Å². The molecule has 0 bridgehead atoms. The van der Waals surface area contributed by atoms with Crippen molar-refractivity contribution in [3.05, 3.63) is 58.7 Å². The number of nitrogens with two attached hydrogens (primary N) is 1. The van der Waals surface area contributed by atoms with Crippen LogP contribution in [0.4, 0.5) is 5.82 Å². The summed E-state index contributed by atoms with van der Waals surface area (Å²) in [7, 11) is 0. The number of pyridine rings is 1. The van der Waals surface area contributed by atoms with E-state index in [-0.39, 0.29) is 0 Å². The molecule has 3 nitrogen and oxygen atoms in total. The molecule has 0 saturated heterocycles. The molecule has 1 aliphatic rings. The number of aromatic nitrogens is 1. The molecule has 1 saturated carbocycles. The van der Waals surface area contributed by atoms with Crippen molar-refractivity contribution in [2.45, 2.75) is 24.9 Å². The van der Waals surface area contributed by atoms with E-state index in [1.807, 2.05) is 36.5 Å². The molecule has 2 unspecified atom stereocenters. The molecule has 98 valence electrons. The fourth-order valence-electron chi connectivity index (χ4n) is 2.12.